The molecule has 2 aliphatic heterocycles. The molecule has 0 radical (unpaired) electrons. The van der Waals surface area contributed by atoms with Crippen molar-refractivity contribution in [2.45, 2.75) is 62.1 Å². The van der Waals surface area contributed by atoms with Gasteiger partial charge in [0.2, 0.25) is 17.7 Å². The van der Waals surface area contributed by atoms with E-state index in [4.69, 9.17) is 11.6 Å². The normalized spacial score (nSPS) is 24.3. The van der Waals surface area contributed by atoms with E-state index in [-0.39, 0.29) is 24.3 Å². The first-order valence-corrected chi connectivity index (χ1v) is 14.3. The topological polar surface area (TPSA) is 103 Å². The first kappa shape index (κ1) is 25.2. The summed E-state index contributed by atoms with van der Waals surface area (Å²) in [6.07, 6.45) is 7.53. The average molecular weight is 556 g/mol. The van der Waals surface area contributed by atoms with Crippen molar-refractivity contribution in [1.82, 2.24) is 15.2 Å². The number of anilines is 2. The number of fused-ring (bicyclic) bond motifs is 3. The van der Waals surface area contributed by atoms with E-state index in [2.05, 4.69) is 20.9 Å². The highest BCUT2D eigenvalue weighted by Crippen LogP contribution is 2.47. The van der Waals surface area contributed by atoms with Gasteiger partial charge >= 0.3 is 0 Å². The first-order chi connectivity index (χ1) is 19.4. The van der Waals surface area contributed by atoms with E-state index >= 15 is 0 Å². The molecular formula is C31H30ClN5O3. The lowest BCUT2D eigenvalue weighted by Crippen LogP contribution is -2.55. The molecule has 1 aromatic heterocycles. The molecule has 2 aromatic carbocycles. The molecule has 1 saturated carbocycles. The van der Waals surface area contributed by atoms with Gasteiger partial charge in [-0.1, -0.05) is 48.4 Å². The standard InChI is InChI=1S/C31H30ClN5O3/c32-24-9-3-2-7-22(24)26-28(39)37(31(36-26)12-4-1-5-13-31)18-25(38)34-21-11-10-19-16-30(17-20(19)15-21)23-8-6-14-33-27(23)35-29(30)40/h2-3,6-11,14-15,26,36H,1,4-5,12-13,16-18H2,(H,34,38)(H,33,35,40). The molecular weight excluding hydrogens is 526 g/mol. The van der Waals surface area contributed by atoms with Crippen LogP contribution in [0, 0.1) is 0 Å². The molecule has 40 heavy (non-hydrogen) atoms. The largest absolute Gasteiger partial charge is 0.325 e. The number of hydrogen-bond donors (Lipinski definition) is 3. The van der Waals surface area contributed by atoms with Crippen molar-refractivity contribution in [3.05, 3.63) is 88.1 Å². The van der Waals surface area contributed by atoms with Crippen LogP contribution in [0.4, 0.5) is 11.5 Å². The Morgan fingerprint density at radius 2 is 1.82 bits per heavy atom. The fourth-order valence-electron chi connectivity index (χ4n) is 7.16. The summed E-state index contributed by atoms with van der Waals surface area (Å²) in [5.41, 5.74) is 3.22. The van der Waals surface area contributed by atoms with Crippen LogP contribution in [0.1, 0.15) is 60.4 Å². The van der Waals surface area contributed by atoms with Crippen molar-refractivity contribution in [3.8, 4) is 0 Å². The molecule has 0 bridgehead atoms. The van der Waals surface area contributed by atoms with Crippen LogP contribution in [0.3, 0.4) is 0 Å². The van der Waals surface area contributed by atoms with Crippen LogP contribution in [0.2, 0.25) is 5.02 Å². The minimum atomic E-state index is -0.663. The van der Waals surface area contributed by atoms with Gasteiger partial charge in [0.05, 0.1) is 11.1 Å². The summed E-state index contributed by atoms with van der Waals surface area (Å²) in [4.78, 5) is 46.2. The highest BCUT2D eigenvalue weighted by molar-refractivity contribution is 6.31. The molecule has 7 rings (SSSR count). The van der Waals surface area contributed by atoms with Crippen LogP contribution in [-0.4, -0.2) is 39.8 Å². The van der Waals surface area contributed by atoms with Crippen molar-refractivity contribution in [2.24, 2.45) is 0 Å². The Bertz CT molecular complexity index is 1550. The number of benzene rings is 2. The van der Waals surface area contributed by atoms with Crippen LogP contribution >= 0.6 is 11.6 Å². The number of nitrogens with zero attached hydrogens (tertiary/aromatic N) is 2. The second-order valence-corrected chi connectivity index (χ2v) is 11.8. The fraction of sp³-hybridized carbons (Fsp3) is 0.355. The van der Waals surface area contributed by atoms with E-state index in [1.807, 2.05) is 48.5 Å². The molecule has 2 aliphatic carbocycles. The van der Waals surface area contributed by atoms with Gasteiger partial charge in [0.1, 0.15) is 18.4 Å². The quantitative estimate of drug-likeness (QED) is 0.440. The lowest BCUT2D eigenvalue weighted by molar-refractivity contribution is -0.137. The van der Waals surface area contributed by atoms with Crippen molar-refractivity contribution >= 4 is 40.8 Å². The Morgan fingerprint density at radius 3 is 2.65 bits per heavy atom. The molecule has 3 N–H and O–H groups in total. The number of hydrogen-bond acceptors (Lipinski definition) is 5. The van der Waals surface area contributed by atoms with E-state index < -0.39 is 17.1 Å². The van der Waals surface area contributed by atoms with Gasteiger partial charge in [0.25, 0.3) is 0 Å². The zero-order chi connectivity index (χ0) is 27.5. The number of pyridine rings is 1. The summed E-state index contributed by atoms with van der Waals surface area (Å²) in [6.45, 7) is -0.0464. The van der Waals surface area contributed by atoms with E-state index in [9.17, 15) is 14.4 Å². The second kappa shape index (κ2) is 9.42. The Morgan fingerprint density at radius 1 is 1.02 bits per heavy atom. The maximum Gasteiger partial charge on any atom is 0.246 e. The number of halogens is 1. The summed E-state index contributed by atoms with van der Waals surface area (Å²) in [5.74, 6) is 0.222. The van der Waals surface area contributed by atoms with Crippen LogP contribution in [0.5, 0.6) is 0 Å². The first-order valence-electron chi connectivity index (χ1n) is 13.9. The average Bonchev–Trinajstić information content (AvgIpc) is 3.55. The lowest BCUT2D eigenvalue weighted by Gasteiger charge is -2.41. The van der Waals surface area contributed by atoms with Crippen molar-refractivity contribution in [2.75, 3.05) is 17.2 Å². The SMILES string of the molecule is O=C(CN1C(=O)C(c2ccccc2Cl)NC12CCCCC2)Nc1ccc2c(c1)CC1(C2)C(=O)Nc2ncccc21. The van der Waals surface area contributed by atoms with Gasteiger partial charge in [-0.25, -0.2) is 4.98 Å². The summed E-state index contributed by atoms with van der Waals surface area (Å²) in [7, 11) is 0. The molecule has 3 aromatic rings. The summed E-state index contributed by atoms with van der Waals surface area (Å²) < 4.78 is 0. The number of aromatic nitrogens is 1. The fourth-order valence-corrected chi connectivity index (χ4v) is 7.41. The van der Waals surface area contributed by atoms with Gasteiger partial charge in [-0.2, -0.15) is 0 Å². The zero-order valence-corrected chi connectivity index (χ0v) is 22.8. The minimum Gasteiger partial charge on any atom is -0.325 e. The molecule has 3 amide bonds. The Hall–Kier alpha value is -3.75. The molecule has 8 nitrogen and oxygen atoms in total. The van der Waals surface area contributed by atoms with Gasteiger partial charge in [0.15, 0.2) is 0 Å². The van der Waals surface area contributed by atoms with Gasteiger partial charge in [-0.15, -0.1) is 0 Å². The summed E-state index contributed by atoms with van der Waals surface area (Å²) >= 11 is 6.47. The van der Waals surface area contributed by atoms with Crippen molar-refractivity contribution < 1.29 is 14.4 Å². The maximum atomic E-state index is 13.7. The highest BCUT2D eigenvalue weighted by atomic mass is 35.5. The third kappa shape index (κ3) is 3.92. The van der Waals surface area contributed by atoms with Crippen LogP contribution in [0.25, 0.3) is 0 Å². The predicted octanol–water partition coefficient (Wildman–Crippen LogP) is 4.50. The Labute approximate surface area is 237 Å². The van der Waals surface area contributed by atoms with Crippen LogP contribution < -0.4 is 16.0 Å². The third-order valence-corrected chi connectivity index (χ3v) is 9.45. The van der Waals surface area contributed by atoms with E-state index in [0.29, 0.717) is 29.4 Å². The van der Waals surface area contributed by atoms with Gasteiger partial charge in [0, 0.05) is 22.5 Å². The monoisotopic (exact) mass is 555 g/mol. The molecule has 2 fully saturated rings. The summed E-state index contributed by atoms with van der Waals surface area (Å²) in [5, 5.41) is 10.1. The predicted molar refractivity (Wildman–Crippen MR) is 152 cm³/mol. The van der Waals surface area contributed by atoms with E-state index in [0.717, 1.165) is 54.4 Å². The molecule has 2 unspecified atom stereocenters. The third-order valence-electron chi connectivity index (χ3n) is 9.11. The molecule has 4 aliphatic rings. The van der Waals surface area contributed by atoms with Gasteiger partial charge in [-0.05, 0) is 79.5 Å². The molecule has 9 heteroatoms. The van der Waals surface area contributed by atoms with E-state index in [1.54, 1.807) is 17.2 Å². The van der Waals surface area contributed by atoms with Crippen molar-refractivity contribution in [3.63, 3.8) is 0 Å². The number of amides is 3. The van der Waals surface area contributed by atoms with Crippen LogP contribution in [-0.2, 0) is 32.6 Å². The molecule has 3 heterocycles. The number of rotatable bonds is 4. The molecule has 2 spiro atoms. The van der Waals surface area contributed by atoms with E-state index in [1.165, 1.54) is 0 Å². The lowest BCUT2D eigenvalue weighted by atomic mass is 9.79. The zero-order valence-electron chi connectivity index (χ0n) is 22.0. The molecule has 1 saturated heterocycles. The summed E-state index contributed by atoms with van der Waals surface area (Å²) in [6, 6.07) is 16.4. The van der Waals surface area contributed by atoms with Crippen LogP contribution in [0.15, 0.2) is 60.8 Å². The number of nitrogens with one attached hydrogen (secondary N) is 3. The second-order valence-electron chi connectivity index (χ2n) is 11.4. The minimum absolute atomic E-state index is 0.0334. The molecule has 2 atom stereocenters. The Kier molecular flexibility index (Phi) is 5.94. The van der Waals surface area contributed by atoms with Gasteiger partial charge in [-0.3, -0.25) is 19.7 Å². The highest BCUT2D eigenvalue weighted by Gasteiger charge is 2.52. The van der Waals surface area contributed by atoms with Gasteiger partial charge < -0.3 is 15.5 Å². The Balaban J connectivity index is 1.10. The maximum absolute atomic E-state index is 13.7. The smallest absolute Gasteiger partial charge is 0.246 e. The number of carbonyl (C=O) groups excluding carboxylic acids is 3. The number of carbonyl (C=O) groups is 3. The van der Waals surface area contributed by atoms with Crippen molar-refractivity contribution in [1.29, 1.82) is 0 Å². The molecule has 204 valence electrons.